The van der Waals surface area contributed by atoms with E-state index in [1.165, 1.54) is 76.7 Å². The fourth-order valence-corrected chi connectivity index (χ4v) is 8.66. The Morgan fingerprint density at radius 3 is 2.36 bits per heavy atom. The van der Waals surface area contributed by atoms with E-state index < -0.39 is 0 Å². The Morgan fingerprint density at radius 1 is 0.939 bits per heavy atom. The molecule has 166 valence electrons. The predicted octanol–water partition coefficient (Wildman–Crippen LogP) is 6.83. The first-order valence-electron chi connectivity index (χ1n) is 12.7. The average Bonchev–Trinajstić information content (AvgIpc) is 3.15. The Kier molecular flexibility index (Phi) is 3.38. The van der Waals surface area contributed by atoms with Crippen molar-refractivity contribution in [3.63, 3.8) is 0 Å². The molecule has 4 saturated carbocycles. The summed E-state index contributed by atoms with van der Waals surface area (Å²) < 4.78 is 11.3. The summed E-state index contributed by atoms with van der Waals surface area (Å²) in [7, 11) is 4.30. The molecule has 0 aliphatic heterocycles. The van der Waals surface area contributed by atoms with E-state index in [9.17, 15) is 0 Å². The molecule has 0 saturated heterocycles. The van der Waals surface area contributed by atoms with Crippen molar-refractivity contribution in [2.45, 2.75) is 50.9 Å². The minimum absolute atomic E-state index is 0.374. The first kappa shape index (κ1) is 18.6. The van der Waals surface area contributed by atoms with Gasteiger partial charge in [-0.3, -0.25) is 0 Å². The summed E-state index contributed by atoms with van der Waals surface area (Å²) in [6.07, 6.45) is 13.0. The summed E-state index contributed by atoms with van der Waals surface area (Å²) >= 11 is 0. The molecule has 4 aliphatic rings. The smallest absolute Gasteiger partial charge is 0.216 e. The third-order valence-corrected chi connectivity index (χ3v) is 9.72. The maximum absolute atomic E-state index is 6.80. The molecule has 0 atom stereocenters. The first-order valence-corrected chi connectivity index (χ1v) is 12.7. The Hall–Kier alpha value is -2.81. The highest BCUT2D eigenvalue weighted by Gasteiger charge is 2.51. The largest absolute Gasteiger partial charge is 0.456 e. The molecule has 0 spiro atoms. The van der Waals surface area contributed by atoms with Crippen molar-refractivity contribution in [2.24, 2.45) is 31.8 Å². The van der Waals surface area contributed by atoms with E-state index in [2.05, 4.69) is 72.9 Å². The fraction of sp³-hybridized carbons (Fsp3) is 0.433. The Morgan fingerprint density at radius 2 is 1.64 bits per heavy atom. The number of hydrogen-bond acceptors (Lipinski definition) is 1. The van der Waals surface area contributed by atoms with Crippen LogP contribution < -0.4 is 4.57 Å². The van der Waals surface area contributed by atoms with Crippen LogP contribution in [-0.2, 0) is 19.5 Å². The summed E-state index contributed by atoms with van der Waals surface area (Å²) in [6.45, 7) is 2.25. The Balaban J connectivity index is 1.47. The molecule has 3 nitrogen and oxygen atoms in total. The molecule has 0 radical (unpaired) electrons. The predicted molar refractivity (Wildman–Crippen MR) is 133 cm³/mol. The minimum atomic E-state index is 0.374. The van der Waals surface area contributed by atoms with Crippen molar-refractivity contribution < 1.29 is 8.98 Å². The maximum atomic E-state index is 6.80. The summed E-state index contributed by atoms with van der Waals surface area (Å²) in [4.78, 5) is 0. The van der Waals surface area contributed by atoms with Crippen LogP contribution in [0.25, 0.3) is 43.7 Å². The topological polar surface area (TPSA) is 21.9 Å². The fourth-order valence-electron chi connectivity index (χ4n) is 8.66. The monoisotopic (exact) mass is 435 g/mol. The van der Waals surface area contributed by atoms with Gasteiger partial charge in [0.1, 0.15) is 18.2 Å². The number of aromatic nitrogens is 2. The Bertz CT molecular complexity index is 1600. The highest BCUT2D eigenvalue weighted by Crippen LogP contribution is 2.61. The Labute approximate surface area is 194 Å². The van der Waals surface area contributed by atoms with Gasteiger partial charge in [0.05, 0.1) is 17.0 Å². The molecule has 3 heterocycles. The second-order valence-corrected chi connectivity index (χ2v) is 11.7. The normalized spacial score (nSPS) is 28.8. The van der Waals surface area contributed by atoms with Crippen molar-refractivity contribution in [2.75, 3.05) is 0 Å². The minimum Gasteiger partial charge on any atom is -0.456 e. The highest BCUT2D eigenvalue weighted by molar-refractivity contribution is 6.19. The van der Waals surface area contributed by atoms with Crippen LogP contribution in [0.4, 0.5) is 0 Å². The van der Waals surface area contributed by atoms with Gasteiger partial charge in [0.15, 0.2) is 6.20 Å². The summed E-state index contributed by atoms with van der Waals surface area (Å²) in [5, 5.41) is 5.17. The standard InChI is InChI=1S/C30H31N2O/c1-17-23-5-7-31(2)24(23)13-26-27(17)29-28-21(4-6-32(29)3)11-22(12-25(28)33-26)30-14-18-8-19(15-30)10-20(9-18)16-30/h4-7,11-13,18-20H,8-10,14-16H2,1-3H3/q+1. The van der Waals surface area contributed by atoms with Gasteiger partial charge in [0, 0.05) is 30.1 Å². The van der Waals surface area contributed by atoms with E-state index in [-0.39, 0.29) is 0 Å². The molecule has 0 unspecified atom stereocenters. The van der Waals surface area contributed by atoms with Gasteiger partial charge in [-0.25, -0.2) is 4.57 Å². The molecule has 0 N–H and O–H groups in total. The summed E-state index contributed by atoms with van der Waals surface area (Å²) in [6, 6.07) is 11.7. The number of hydrogen-bond donors (Lipinski definition) is 0. The lowest BCUT2D eigenvalue weighted by Crippen LogP contribution is -2.48. The second kappa shape index (κ2) is 6.00. The lowest BCUT2D eigenvalue weighted by Gasteiger charge is -2.57. The van der Waals surface area contributed by atoms with E-state index in [1.54, 1.807) is 5.56 Å². The number of benzene rings is 2. The van der Waals surface area contributed by atoms with Crippen LogP contribution in [0, 0.1) is 24.7 Å². The lowest BCUT2D eigenvalue weighted by atomic mass is 9.48. The summed E-state index contributed by atoms with van der Waals surface area (Å²) in [5.41, 5.74) is 7.82. The van der Waals surface area contributed by atoms with Crippen LogP contribution in [0.5, 0.6) is 0 Å². The van der Waals surface area contributed by atoms with E-state index >= 15 is 0 Å². The van der Waals surface area contributed by atoms with Crippen LogP contribution in [0.15, 0.2) is 47.1 Å². The summed E-state index contributed by atoms with van der Waals surface area (Å²) in [5.74, 6) is 2.84. The van der Waals surface area contributed by atoms with Gasteiger partial charge in [-0.2, -0.15) is 0 Å². The molecule has 0 amide bonds. The SMILES string of the molecule is Cc1c2cc[n+](C)c2cc2oc3cc(C45CC6CC(CC(C6)C4)C5)cc4ccn(C)c(c12)c43. The van der Waals surface area contributed by atoms with Gasteiger partial charge < -0.3 is 8.98 Å². The molecule has 4 fully saturated rings. The number of nitrogens with zero attached hydrogens (tertiary/aromatic N) is 2. The quantitative estimate of drug-likeness (QED) is 0.161. The van der Waals surface area contributed by atoms with E-state index in [4.69, 9.17) is 4.42 Å². The van der Waals surface area contributed by atoms with Crippen LogP contribution >= 0.6 is 0 Å². The van der Waals surface area contributed by atoms with Crippen LogP contribution in [0.2, 0.25) is 0 Å². The molecule has 4 aliphatic carbocycles. The molecular weight excluding hydrogens is 404 g/mol. The third kappa shape index (κ3) is 2.33. The van der Waals surface area contributed by atoms with Gasteiger partial charge in [-0.05, 0) is 97.3 Å². The van der Waals surface area contributed by atoms with E-state index in [0.29, 0.717) is 5.41 Å². The van der Waals surface area contributed by atoms with Gasteiger partial charge in [0.25, 0.3) is 0 Å². The van der Waals surface area contributed by atoms with Crippen LogP contribution in [0.1, 0.15) is 49.7 Å². The number of fused-ring (bicyclic) bond motifs is 3. The molecular formula is C30H31N2O+. The third-order valence-electron chi connectivity index (χ3n) is 9.72. The molecule has 3 heteroatoms. The molecule has 4 bridgehead atoms. The maximum Gasteiger partial charge on any atom is 0.216 e. The highest BCUT2D eigenvalue weighted by atomic mass is 16.3. The van der Waals surface area contributed by atoms with E-state index in [0.717, 1.165) is 28.9 Å². The zero-order valence-corrected chi connectivity index (χ0v) is 19.8. The average molecular weight is 436 g/mol. The van der Waals surface area contributed by atoms with Gasteiger partial charge in [-0.15, -0.1) is 0 Å². The molecule has 33 heavy (non-hydrogen) atoms. The van der Waals surface area contributed by atoms with Gasteiger partial charge in [0.2, 0.25) is 5.52 Å². The molecule has 9 rings (SSSR count). The van der Waals surface area contributed by atoms with Gasteiger partial charge in [-0.1, -0.05) is 6.07 Å². The second-order valence-electron chi connectivity index (χ2n) is 11.7. The van der Waals surface area contributed by atoms with Gasteiger partial charge >= 0.3 is 0 Å². The van der Waals surface area contributed by atoms with Crippen molar-refractivity contribution >= 4 is 43.7 Å². The zero-order valence-electron chi connectivity index (χ0n) is 19.8. The van der Waals surface area contributed by atoms with E-state index in [1.807, 2.05) is 0 Å². The van der Waals surface area contributed by atoms with Crippen LogP contribution in [-0.4, -0.2) is 4.57 Å². The molecule has 2 aromatic carbocycles. The van der Waals surface area contributed by atoms with Crippen LogP contribution in [0.3, 0.4) is 0 Å². The lowest BCUT2D eigenvalue weighted by molar-refractivity contribution is -0.642. The number of aryl methyl sites for hydroxylation is 3. The first-order chi connectivity index (χ1) is 16.0. The van der Waals surface area contributed by atoms with Crippen molar-refractivity contribution in [1.82, 2.24) is 4.57 Å². The molecule has 3 aromatic heterocycles. The number of rotatable bonds is 1. The van der Waals surface area contributed by atoms with Crippen molar-refractivity contribution in [1.29, 1.82) is 0 Å². The zero-order chi connectivity index (χ0) is 22.1. The van der Waals surface area contributed by atoms with Crippen molar-refractivity contribution in [3.05, 3.63) is 53.9 Å². The molecule has 5 aromatic rings. The van der Waals surface area contributed by atoms with Crippen molar-refractivity contribution in [3.8, 4) is 0 Å². The number of pyridine rings is 1.